The topological polar surface area (TPSA) is 159 Å². The fourth-order valence-electron chi connectivity index (χ4n) is 6.55. The summed E-state index contributed by atoms with van der Waals surface area (Å²) in [5, 5.41) is 19.9. The fourth-order valence-corrected chi connectivity index (χ4v) is 6.55. The van der Waals surface area contributed by atoms with E-state index in [0.717, 1.165) is 23.8 Å². The summed E-state index contributed by atoms with van der Waals surface area (Å²) in [5.74, 6) is -0.679. The molecule has 21 heteroatoms. The van der Waals surface area contributed by atoms with Gasteiger partial charge in [0.05, 0.1) is 47.2 Å². The first-order valence-electron chi connectivity index (χ1n) is 16.6. The number of nitrogens with one attached hydrogen (secondary N) is 4. The molecule has 4 aromatic heterocycles. The number of piperidine rings is 2. The van der Waals surface area contributed by atoms with Crippen LogP contribution in [0.5, 0.6) is 0 Å². The van der Waals surface area contributed by atoms with Crippen LogP contribution in [0.2, 0.25) is 0 Å². The van der Waals surface area contributed by atoms with Crippen LogP contribution >= 0.6 is 0 Å². The third-order valence-electron chi connectivity index (χ3n) is 9.41. The molecule has 2 aliphatic rings. The number of rotatable bonds is 8. The quantitative estimate of drug-likeness (QED) is 0.158. The van der Waals surface area contributed by atoms with Crippen LogP contribution < -0.4 is 21.3 Å². The summed E-state index contributed by atoms with van der Waals surface area (Å²) in [6, 6.07) is 0.0146. The van der Waals surface area contributed by atoms with Crippen LogP contribution in [0.1, 0.15) is 60.3 Å². The van der Waals surface area contributed by atoms with Crippen molar-refractivity contribution in [2.45, 2.75) is 64.0 Å². The number of carbonyl (C=O) groups excluding carboxylic acids is 1. The summed E-state index contributed by atoms with van der Waals surface area (Å²) in [6.07, 6.45) is -1.87. The monoisotopic (exact) mass is 736 g/mol. The van der Waals surface area contributed by atoms with Gasteiger partial charge in [0.15, 0.2) is 0 Å². The molecule has 0 aromatic carbocycles. The highest BCUT2D eigenvalue weighted by Gasteiger charge is 2.37. The number of hydrogen-bond acceptors (Lipinski definition) is 11. The summed E-state index contributed by atoms with van der Waals surface area (Å²) in [5.41, 5.74) is 0.736. The number of alkyl halides is 6. The smallest absolute Gasteiger partial charge is 0.372 e. The van der Waals surface area contributed by atoms with Crippen LogP contribution in [0.15, 0.2) is 24.8 Å². The Hall–Kier alpha value is -5.37. The van der Waals surface area contributed by atoms with E-state index >= 15 is 0 Å². The van der Waals surface area contributed by atoms with Gasteiger partial charge in [0.2, 0.25) is 11.9 Å². The van der Waals surface area contributed by atoms with Crippen molar-refractivity contribution in [3.8, 4) is 0 Å². The molecule has 6 rings (SSSR count). The maximum Gasteiger partial charge on any atom is 0.421 e. The highest BCUT2D eigenvalue weighted by molar-refractivity contribution is 5.74. The number of halogens is 6. The zero-order valence-corrected chi connectivity index (χ0v) is 28.8. The summed E-state index contributed by atoms with van der Waals surface area (Å²) < 4.78 is 83.1. The van der Waals surface area contributed by atoms with Crippen molar-refractivity contribution in [2.24, 2.45) is 0 Å². The van der Waals surface area contributed by atoms with E-state index in [1.807, 2.05) is 33.0 Å². The molecule has 0 unspecified atom stereocenters. The lowest BCUT2D eigenvalue weighted by Crippen LogP contribution is -2.49. The predicted molar refractivity (Wildman–Crippen MR) is 179 cm³/mol. The number of likely N-dealkylation sites (tertiary alicyclic amines) is 2. The summed E-state index contributed by atoms with van der Waals surface area (Å²) in [4.78, 5) is 32.7. The molecule has 2 fully saturated rings. The van der Waals surface area contributed by atoms with Gasteiger partial charge < -0.3 is 31.1 Å². The summed E-state index contributed by atoms with van der Waals surface area (Å²) in [6.45, 7) is 5.84. The number of anilines is 6. The molecule has 4 aromatic rings. The number of hydrogen-bond donors (Lipinski definition) is 4. The number of aromatic nitrogens is 8. The van der Waals surface area contributed by atoms with Gasteiger partial charge >= 0.3 is 18.4 Å². The van der Waals surface area contributed by atoms with Gasteiger partial charge in [-0.05, 0) is 39.5 Å². The molecule has 0 radical (unpaired) electrons. The van der Waals surface area contributed by atoms with Gasteiger partial charge in [-0.25, -0.2) is 14.8 Å². The summed E-state index contributed by atoms with van der Waals surface area (Å²) in [7, 11) is 2.71. The van der Waals surface area contributed by atoms with Crippen LogP contribution in [-0.4, -0.2) is 95.6 Å². The molecule has 15 nitrogen and oxygen atoms in total. The zero-order valence-electron chi connectivity index (χ0n) is 28.8. The Morgan fingerprint density at radius 3 is 1.35 bits per heavy atom. The third kappa shape index (κ3) is 7.47. The van der Waals surface area contributed by atoms with Crippen molar-refractivity contribution in [1.82, 2.24) is 49.3 Å². The van der Waals surface area contributed by atoms with Gasteiger partial charge in [-0.1, -0.05) is 0 Å². The van der Waals surface area contributed by atoms with Crippen molar-refractivity contribution in [3.63, 3.8) is 0 Å². The van der Waals surface area contributed by atoms with Crippen LogP contribution in [-0.2, 0) is 12.4 Å². The Morgan fingerprint density at radius 1 is 0.654 bits per heavy atom. The van der Waals surface area contributed by atoms with E-state index in [4.69, 9.17) is 0 Å². The Kier molecular flexibility index (Phi) is 10.0. The average Bonchev–Trinajstić information content (AvgIpc) is 3.67. The van der Waals surface area contributed by atoms with Crippen LogP contribution in [0.4, 0.5) is 66.0 Å². The highest BCUT2D eigenvalue weighted by Crippen LogP contribution is 2.36. The van der Waals surface area contributed by atoms with Crippen LogP contribution in [0, 0.1) is 13.8 Å². The number of carbonyl (C=O) groups is 1. The minimum Gasteiger partial charge on any atom is -0.372 e. The van der Waals surface area contributed by atoms with E-state index in [-0.39, 0.29) is 41.6 Å². The highest BCUT2D eigenvalue weighted by atomic mass is 19.4. The minimum absolute atomic E-state index is 0.0000380. The molecular weight excluding hydrogens is 698 g/mol. The van der Waals surface area contributed by atoms with Gasteiger partial charge in [0.1, 0.15) is 22.8 Å². The maximum absolute atomic E-state index is 13.5. The van der Waals surface area contributed by atoms with Crippen molar-refractivity contribution in [2.75, 3.05) is 61.5 Å². The molecule has 4 N–H and O–H groups in total. The minimum atomic E-state index is -4.59. The summed E-state index contributed by atoms with van der Waals surface area (Å²) >= 11 is 0. The first-order chi connectivity index (χ1) is 24.7. The fraction of sp³-hybridized carbons (Fsp3) is 0.516. The predicted octanol–water partition coefficient (Wildman–Crippen LogP) is 5.98. The van der Waals surface area contributed by atoms with Gasteiger partial charge in [0, 0.05) is 52.7 Å². The Morgan fingerprint density at radius 2 is 1.02 bits per heavy atom. The Balaban J connectivity index is 1.00. The maximum atomic E-state index is 13.5. The van der Waals surface area contributed by atoms with E-state index in [0.29, 0.717) is 63.2 Å². The van der Waals surface area contributed by atoms with E-state index in [2.05, 4.69) is 51.4 Å². The van der Waals surface area contributed by atoms with E-state index < -0.39 is 23.5 Å². The van der Waals surface area contributed by atoms with Gasteiger partial charge in [-0.2, -0.15) is 46.5 Å². The lowest BCUT2D eigenvalue weighted by molar-refractivity contribution is -0.138. The molecule has 6 heterocycles. The molecular formula is C31H38F6N14O. The molecule has 2 saturated heterocycles. The second-order valence-electron chi connectivity index (χ2n) is 12.6. The Labute approximate surface area is 294 Å². The molecule has 2 amide bonds. The molecule has 0 atom stereocenters. The van der Waals surface area contributed by atoms with E-state index in [1.54, 1.807) is 12.4 Å². The van der Waals surface area contributed by atoms with Crippen molar-refractivity contribution in [1.29, 1.82) is 0 Å². The van der Waals surface area contributed by atoms with E-state index in [9.17, 15) is 31.1 Å². The number of nitrogens with zero attached hydrogens (tertiary/aromatic N) is 10. The molecule has 2 aliphatic heterocycles. The second-order valence-corrected chi connectivity index (χ2v) is 12.6. The van der Waals surface area contributed by atoms with Gasteiger partial charge in [-0.15, -0.1) is 0 Å². The lowest BCUT2D eigenvalue weighted by atomic mass is 10.0. The number of amides is 2. The average molecular weight is 737 g/mol. The second kappa shape index (κ2) is 14.3. The van der Waals surface area contributed by atoms with Crippen molar-refractivity contribution < 1.29 is 31.1 Å². The zero-order chi connectivity index (χ0) is 37.4. The third-order valence-corrected chi connectivity index (χ3v) is 9.41. The molecule has 0 saturated carbocycles. The van der Waals surface area contributed by atoms with Gasteiger partial charge in [0.25, 0.3) is 0 Å². The molecule has 0 spiro atoms. The first-order valence-corrected chi connectivity index (χ1v) is 16.6. The molecule has 52 heavy (non-hydrogen) atoms. The molecule has 280 valence electrons. The molecule has 0 aliphatic carbocycles. The van der Waals surface area contributed by atoms with Crippen LogP contribution in [0.3, 0.4) is 0 Å². The van der Waals surface area contributed by atoms with Crippen molar-refractivity contribution >= 4 is 40.9 Å². The number of urea groups is 1. The largest absolute Gasteiger partial charge is 0.421 e. The van der Waals surface area contributed by atoms with Crippen LogP contribution in [0.25, 0.3) is 0 Å². The van der Waals surface area contributed by atoms with Crippen molar-refractivity contribution in [3.05, 3.63) is 47.3 Å². The normalized spacial score (nSPS) is 16.3. The van der Waals surface area contributed by atoms with Gasteiger partial charge in [-0.3, -0.25) is 9.36 Å². The first kappa shape index (κ1) is 36.4. The SMILES string of the molecule is CNc1nc(Nc2cnn(C3CCN(C(=O)N4CCC(n5ncc(Nc6ncc(C(F)(F)F)c(NC)n6)c5C)CC4)CC3)c2C)ncc1C(F)(F)F. The van der Waals surface area contributed by atoms with E-state index in [1.165, 1.54) is 14.1 Å². The molecule has 0 bridgehead atoms. The Bertz CT molecular complexity index is 1760. The lowest BCUT2D eigenvalue weighted by Gasteiger charge is -2.39. The standard InChI is InChI=1S/C31H38F6N14O/c1-17-23(44-27-40-13-21(30(32,33)34)25(38-3)46-27)15-42-50(17)19-5-9-48(10-6-19)29(52)49-11-7-20(8-12-49)51-18(2)24(16-43-51)45-28-41-14-22(31(35,36)37)26(39-4)47-28/h13-16,19-20H,5-12H2,1-4H3,(H2,38,40,44,46)(H2,39,41,45,47).